The van der Waals surface area contributed by atoms with Crippen LogP contribution in [-0.4, -0.2) is 18.7 Å². The topological polar surface area (TPSA) is 57.2 Å². The molecule has 0 spiro atoms. The van der Waals surface area contributed by atoms with Crippen molar-refractivity contribution in [2.75, 3.05) is 16.5 Å². The fourth-order valence-corrected chi connectivity index (χ4v) is 2.70. The van der Waals surface area contributed by atoms with Gasteiger partial charge in [-0.3, -0.25) is 0 Å². The van der Waals surface area contributed by atoms with E-state index < -0.39 is 0 Å². The second-order valence-corrected chi connectivity index (χ2v) is 5.14. The summed E-state index contributed by atoms with van der Waals surface area (Å²) in [5, 5.41) is 8.28. The maximum absolute atomic E-state index is 6.34. The van der Waals surface area contributed by atoms with Gasteiger partial charge in [0, 0.05) is 11.4 Å². The Morgan fingerprint density at radius 1 is 0.818 bits per heavy atom. The van der Waals surface area contributed by atoms with E-state index in [1.54, 1.807) is 6.21 Å². The standard InChI is InChI=1S/C17H15N5/c18-16-15-11-19-20-17(15)22(14-9-5-2-6-10-14)12-21(16)13-7-3-1-4-8-13/h1-11H,12,18H2. The van der Waals surface area contributed by atoms with Crippen LogP contribution in [0.25, 0.3) is 0 Å². The van der Waals surface area contributed by atoms with Gasteiger partial charge in [0.2, 0.25) is 0 Å². The minimum absolute atomic E-state index is 0.603. The van der Waals surface area contributed by atoms with E-state index in [1.165, 1.54) is 0 Å². The monoisotopic (exact) mass is 289 g/mol. The van der Waals surface area contributed by atoms with Crippen LogP contribution in [0.1, 0.15) is 0 Å². The third-order valence-corrected chi connectivity index (χ3v) is 3.82. The molecule has 0 saturated carbocycles. The number of hydrogen-bond donors (Lipinski definition) is 1. The van der Waals surface area contributed by atoms with Gasteiger partial charge < -0.3 is 15.5 Å². The Hall–Kier alpha value is -3.08. The number of rotatable bonds is 2. The summed E-state index contributed by atoms with van der Waals surface area (Å²) in [5.74, 6) is 1.48. The van der Waals surface area contributed by atoms with Crippen molar-refractivity contribution in [2.45, 2.75) is 0 Å². The van der Waals surface area contributed by atoms with Crippen molar-refractivity contribution >= 4 is 23.4 Å². The molecule has 0 aliphatic carbocycles. The summed E-state index contributed by atoms with van der Waals surface area (Å²) in [4.78, 5) is 4.18. The molecule has 2 aromatic carbocycles. The second kappa shape index (κ2) is 5.04. The molecule has 2 aliphatic rings. The van der Waals surface area contributed by atoms with Crippen LogP contribution in [0.15, 0.2) is 82.3 Å². The van der Waals surface area contributed by atoms with Crippen LogP contribution >= 0.6 is 0 Å². The van der Waals surface area contributed by atoms with Crippen molar-refractivity contribution in [1.82, 2.24) is 0 Å². The molecule has 2 heterocycles. The molecule has 0 saturated heterocycles. The Balaban J connectivity index is 1.81. The Morgan fingerprint density at radius 2 is 1.41 bits per heavy atom. The molecule has 0 bridgehead atoms. The molecule has 2 aromatic rings. The third-order valence-electron chi connectivity index (χ3n) is 3.82. The first kappa shape index (κ1) is 12.6. The number of benzene rings is 2. The number of nitrogens with zero attached hydrogens (tertiary/aromatic N) is 4. The van der Waals surface area contributed by atoms with Crippen LogP contribution in [-0.2, 0) is 0 Å². The molecule has 5 heteroatoms. The Labute approximate surface area is 128 Å². The quantitative estimate of drug-likeness (QED) is 0.924. The summed E-state index contributed by atoms with van der Waals surface area (Å²) < 4.78 is 0. The fourth-order valence-electron chi connectivity index (χ4n) is 2.70. The summed E-state index contributed by atoms with van der Waals surface area (Å²) in [6, 6.07) is 20.2. The number of hydrogen-bond acceptors (Lipinski definition) is 5. The molecule has 4 rings (SSSR count). The molecular formula is C17H15N5. The number of amidine groups is 1. The van der Waals surface area contributed by atoms with Crippen LogP contribution in [0.3, 0.4) is 0 Å². The van der Waals surface area contributed by atoms with Crippen molar-refractivity contribution in [2.24, 2.45) is 15.9 Å². The van der Waals surface area contributed by atoms with Crippen molar-refractivity contribution in [3.05, 3.63) is 72.1 Å². The minimum Gasteiger partial charge on any atom is -0.384 e. The van der Waals surface area contributed by atoms with E-state index in [1.807, 2.05) is 48.5 Å². The summed E-state index contributed by atoms with van der Waals surface area (Å²) in [7, 11) is 0. The second-order valence-electron chi connectivity index (χ2n) is 5.14. The highest BCUT2D eigenvalue weighted by Gasteiger charge is 2.31. The van der Waals surface area contributed by atoms with Gasteiger partial charge in [-0.2, -0.15) is 5.10 Å². The van der Waals surface area contributed by atoms with Gasteiger partial charge in [0.05, 0.1) is 11.8 Å². The number of anilines is 2. The van der Waals surface area contributed by atoms with Crippen LogP contribution in [0, 0.1) is 0 Å². The molecule has 0 amide bonds. The summed E-state index contributed by atoms with van der Waals surface area (Å²) in [6.45, 7) is 0.603. The molecular weight excluding hydrogens is 274 g/mol. The van der Waals surface area contributed by atoms with E-state index in [-0.39, 0.29) is 0 Å². The maximum atomic E-state index is 6.34. The molecule has 0 radical (unpaired) electrons. The molecule has 5 nitrogen and oxygen atoms in total. The first-order chi connectivity index (χ1) is 10.8. The van der Waals surface area contributed by atoms with Crippen LogP contribution in [0.2, 0.25) is 0 Å². The summed E-state index contributed by atoms with van der Waals surface area (Å²) in [5.41, 5.74) is 9.32. The predicted molar refractivity (Wildman–Crippen MR) is 89.8 cm³/mol. The molecule has 2 N–H and O–H groups in total. The van der Waals surface area contributed by atoms with Crippen molar-refractivity contribution in [3.63, 3.8) is 0 Å². The maximum Gasteiger partial charge on any atom is 0.169 e. The number of nitrogens with two attached hydrogens (primary N) is 1. The van der Waals surface area contributed by atoms with Gasteiger partial charge in [-0.1, -0.05) is 36.4 Å². The summed E-state index contributed by atoms with van der Waals surface area (Å²) in [6.07, 6.45) is 1.72. The van der Waals surface area contributed by atoms with E-state index in [2.05, 4.69) is 32.1 Å². The van der Waals surface area contributed by atoms with E-state index in [9.17, 15) is 0 Å². The van der Waals surface area contributed by atoms with Crippen molar-refractivity contribution in [3.8, 4) is 0 Å². The van der Waals surface area contributed by atoms with E-state index >= 15 is 0 Å². The van der Waals surface area contributed by atoms with Gasteiger partial charge in [0.15, 0.2) is 5.84 Å². The molecule has 0 aromatic heterocycles. The van der Waals surface area contributed by atoms with Gasteiger partial charge in [-0.15, -0.1) is 5.10 Å². The van der Waals surface area contributed by atoms with Crippen LogP contribution in [0.5, 0.6) is 0 Å². The molecule has 108 valence electrons. The Morgan fingerprint density at radius 3 is 2.05 bits per heavy atom. The van der Waals surface area contributed by atoms with Gasteiger partial charge in [0.25, 0.3) is 0 Å². The van der Waals surface area contributed by atoms with Crippen molar-refractivity contribution < 1.29 is 0 Å². The highest BCUT2D eigenvalue weighted by atomic mass is 15.4. The zero-order valence-corrected chi connectivity index (χ0v) is 11.9. The predicted octanol–water partition coefficient (Wildman–Crippen LogP) is 2.54. The average molecular weight is 289 g/mol. The normalized spacial score (nSPS) is 16.8. The molecule has 0 fully saturated rings. The largest absolute Gasteiger partial charge is 0.384 e. The van der Waals surface area contributed by atoms with E-state index in [0.29, 0.717) is 12.5 Å². The Kier molecular flexibility index (Phi) is 2.89. The molecule has 0 unspecified atom stereocenters. The zero-order chi connectivity index (χ0) is 14.9. The Bertz CT molecular complexity index is 777. The number of para-hydroxylation sites is 2. The highest BCUT2D eigenvalue weighted by molar-refractivity contribution is 6.25. The molecule has 2 aliphatic heterocycles. The molecule has 22 heavy (non-hydrogen) atoms. The van der Waals surface area contributed by atoms with Gasteiger partial charge in [-0.25, -0.2) is 0 Å². The molecule has 0 atom stereocenters. The lowest BCUT2D eigenvalue weighted by molar-refractivity contribution is 0.862. The fraction of sp³-hybridized carbons (Fsp3) is 0.0588. The van der Waals surface area contributed by atoms with Crippen LogP contribution in [0.4, 0.5) is 11.4 Å². The van der Waals surface area contributed by atoms with Crippen molar-refractivity contribution in [1.29, 1.82) is 0 Å². The van der Waals surface area contributed by atoms with E-state index in [4.69, 9.17) is 5.73 Å². The van der Waals surface area contributed by atoms with Gasteiger partial charge in [0.1, 0.15) is 12.5 Å². The SMILES string of the molecule is NC1=C2C=NN=C2N(c2ccccc2)CN1c1ccccc1. The van der Waals surface area contributed by atoms with E-state index in [0.717, 1.165) is 22.8 Å². The van der Waals surface area contributed by atoms with Gasteiger partial charge >= 0.3 is 0 Å². The lowest BCUT2D eigenvalue weighted by atomic mass is 10.1. The third kappa shape index (κ3) is 1.95. The smallest absolute Gasteiger partial charge is 0.169 e. The lowest BCUT2D eigenvalue weighted by Crippen LogP contribution is -2.49. The average Bonchev–Trinajstić information content (AvgIpc) is 3.07. The van der Waals surface area contributed by atoms with Gasteiger partial charge in [-0.05, 0) is 24.3 Å². The number of fused-ring (bicyclic) bond motifs is 1. The first-order valence-electron chi connectivity index (χ1n) is 7.11. The van der Waals surface area contributed by atoms with Crippen LogP contribution < -0.4 is 15.5 Å². The lowest BCUT2D eigenvalue weighted by Gasteiger charge is -2.38. The highest BCUT2D eigenvalue weighted by Crippen LogP contribution is 2.29. The zero-order valence-electron chi connectivity index (χ0n) is 11.9. The summed E-state index contributed by atoms with van der Waals surface area (Å²) >= 11 is 0. The minimum atomic E-state index is 0.603. The first-order valence-corrected chi connectivity index (χ1v) is 7.11.